The Labute approximate surface area is 162 Å². The molecule has 0 atom stereocenters. The summed E-state index contributed by atoms with van der Waals surface area (Å²) >= 11 is 3.09. The van der Waals surface area contributed by atoms with Crippen LogP contribution in [-0.4, -0.2) is 37.5 Å². The number of benzene rings is 1. The summed E-state index contributed by atoms with van der Waals surface area (Å²) in [4.78, 5) is 12.3. The van der Waals surface area contributed by atoms with E-state index in [2.05, 4.69) is 5.32 Å². The fraction of sp³-hybridized carbons (Fsp3) is 0.389. The van der Waals surface area contributed by atoms with Crippen LogP contribution in [0.15, 0.2) is 50.9 Å². The van der Waals surface area contributed by atoms with Crippen LogP contribution in [0, 0.1) is 0 Å². The minimum Gasteiger partial charge on any atom is -0.325 e. The smallest absolute Gasteiger partial charge is 0.243 e. The van der Waals surface area contributed by atoms with Crippen molar-refractivity contribution in [2.75, 3.05) is 24.2 Å². The van der Waals surface area contributed by atoms with Crippen molar-refractivity contribution >= 4 is 44.7 Å². The largest absolute Gasteiger partial charge is 0.325 e. The normalized spacial score (nSPS) is 16.2. The summed E-state index contributed by atoms with van der Waals surface area (Å²) in [5, 5.41) is 4.78. The Bertz CT molecular complexity index is 810. The van der Waals surface area contributed by atoms with Gasteiger partial charge < -0.3 is 5.32 Å². The van der Waals surface area contributed by atoms with Gasteiger partial charge in [-0.2, -0.15) is 4.31 Å². The van der Waals surface area contributed by atoms with Crippen molar-refractivity contribution in [3.63, 3.8) is 0 Å². The zero-order valence-electron chi connectivity index (χ0n) is 14.4. The van der Waals surface area contributed by atoms with Gasteiger partial charge in [-0.15, -0.1) is 23.1 Å². The van der Waals surface area contributed by atoms with Crippen molar-refractivity contribution in [2.24, 2.45) is 0 Å². The van der Waals surface area contributed by atoms with Crippen LogP contribution in [0.4, 0.5) is 5.69 Å². The highest BCUT2D eigenvalue weighted by Crippen LogP contribution is 2.24. The number of amides is 1. The Kier molecular flexibility index (Phi) is 6.74. The Morgan fingerprint density at radius 3 is 2.38 bits per heavy atom. The Morgan fingerprint density at radius 2 is 1.77 bits per heavy atom. The topological polar surface area (TPSA) is 66.5 Å². The Hall–Kier alpha value is -1.35. The molecule has 0 aliphatic carbocycles. The second kappa shape index (κ2) is 9.03. The monoisotopic (exact) mass is 410 g/mol. The van der Waals surface area contributed by atoms with Crippen LogP contribution in [0.3, 0.4) is 0 Å². The second-order valence-electron chi connectivity index (χ2n) is 6.11. The number of hydrogen-bond donors (Lipinski definition) is 1. The SMILES string of the molecule is O=C(CSc1cccs1)Nc1ccc(S(=O)(=O)N2CCCCCC2)cc1. The lowest BCUT2D eigenvalue weighted by molar-refractivity contribution is -0.113. The minimum absolute atomic E-state index is 0.105. The average Bonchev–Trinajstić information content (AvgIpc) is 3.00. The highest BCUT2D eigenvalue weighted by atomic mass is 32.2. The van der Waals surface area contributed by atoms with E-state index < -0.39 is 10.0 Å². The van der Waals surface area contributed by atoms with Crippen molar-refractivity contribution in [1.29, 1.82) is 0 Å². The lowest BCUT2D eigenvalue weighted by Crippen LogP contribution is -2.31. The zero-order chi connectivity index (χ0) is 18.4. The minimum atomic E-state index is -3.45. The molecule has 1 aliphatic rings. The van der Waals surface area contributed by atoms with Crippen LogP contribution in [0.2, 0.25) is 0 Å². The average molecular weight is 411 g/mol. The van der Waals surface area contributed by atoms with Gasteiger partial charge in [-0.1, -0.05) is 18.9 Å². The molecule has 1 saturated heterocycles. The maximum absolute atomic E-state index is 12.7. The summed E-state index contributed by atoms with van der Waals surface area (Å²) in [5.74, 6) is 0.223. The fourth-order valence-electron chi connectivity index (χ4n) is 2.82. The molecule has 0 bridgehead atoms. The molecule has 0 radical (unpaired) electrons. The number of anilines is 1. The predicted octanol–water partition coefficient (Wildman–Crippen LogP) is 4.04. The van der Waals surface area contributed by atoms with Gasteiger partial charge in [-0.25, -0.2) is 8.42 Å². The van der Waals surface area contributed by atoms with E-state index in [0.29, 0.717) is 24.5 Å². The molecule has 140 valence electrons. The highest BCUT2D eigenvalue weighted by molar-refractivity contribution is 8.01. The van der Waals surface area contributed by atoms with Crippen LogP contribution in [0.1, 0.15) is 25.7 Å². The molecule has 1 amide bonds. The molecule has 3 rings (SSSR count). The zero-order valence-corrected chi connectivity index (χ0v) is 16.8. The Morgan fingerprint density at radius 1 is 1.08 bits per heavy atom. The van der Waals surface area contributed by atoms with Gasteiger partial charge >= 0.3 is 0 Å². The first-order valence-corrected chi connectivity index (χ1v) is 11.9. The summed E-state index contributed by atoms with van der Waals surface area (Å²) in [6.07, 6.45) is 3.99. The standard InChI is InChI=1S/C18H22N2O3S3/c21-17(14-25-18-6-5-13-24-18)19-15-7-9-16(10-8-15)26(22,23)20-11-3-1-2-4-12-20/h5-10,13H,1-4,11-12,14H2,(H,19,21). The molecule has 2 aromatic rings. The number of thiophene rings is 1. The number of rotatable bonds is 6. The van der Waals surface area contributed by atoms with E-state index in [4.69, 9.17) is 0 Å². The number of nitrogens with one attached hydrogen (secondary N) is 1. The number of carbonyl (C=O) groups is 1. The summed E-state index contributed by atoms with van der Waals surface area (Å²) < 4.78 is 28.2. The lowest BCUT2D eigenvalue weighted by atomic mass is 10.2. The van der Waals surface area contributed by atoms with Crippen molar-refractivity contribution in [1.82, 2.24) is 4.31 Å². The number of thioether (sulfide) groups is 1. The van der Waals surface area contributed by atoms with E-state index >= 15 is 0 Å². The molecule has 1 aromatic carbocycles. The fourth-order valence-corrected chi connectivity index (χ4v) is 5.92. The number of carbonyl (C=O) groups excluding carboxylic acids is 1. The van der Waals surface area contributed by atoms with Gasteiger partial charge in [0.25, 0.3) is 0 Å². The summed E-state index contributed by atoms with van der Waals surface area (Å²) in [5.41, 5.74) is 0.608. The van der Waals surface area contributed by atoms with Gasteiger partial charge in [-0.05, 0) is 48.6 Å². The quantitative estimate of drug-likeness (QED) is 0.730. The lowest BCUT2D eigenvalue weighted by Gasteiger charge is -2.20. The van der Waals surface area contributed by atoms with Gasteiger partial charge in [0, 0.05) is 18.8 Å². The molecule has 8 heteroatoms. The maximum atomic E-state index is 12.7. The molecule has 2 heterocycles. The van der Waals surface area contributed by atoms with Crippen LogP contribution < -0.4 is 5.32 Å². The molecule has 1 aromatic heterocycles. The third kappa shape index (κ3) is 5.09. The van der Waals surface area contributed by atoms with Gasteiger partial charge in [0.05, 0.1) is 14.9 Å². The molecule has 0 saturated carbocycles. The maximum Gasteiger partial charge on any atom is 0.243 e. The summed E-state index contributed by atoms with van der Waals surface area (Å²) in [6, 6.07) is 10.4. The van der Waals surface area contributed by atoms with E-state index in [1.54, 1.807) is 39.9 Å². The second-order valence-corrected chi connectivity index (χ2v) is 10.3. The van der Waals surface area contributed by atoms with Crippen LogP contribution >= 0.6 is 23.1 Å². The molecule has 0 spiro atoms. The molecule has 1 aliphatic heterocycles. The first-order chi connectivity index (χ1) is 12.6. The van der Waals surface area contributed by atoms with E-state index in [9.17, 15) is 13.2 Å². The molecule has 0 unspecified atom stereocenters. The van der Waals surface area contributed by atoms with E-state index in [1.807, 2.05) is 17.5 Å². The third-order valence-electron chi connectivity index (χ3n) is 4.18. The van der Waals surface area contributed by atoms with Gasteiger partial charge in [0.2, 0.25) is 15.9 Å². The Balaban J connectivity index is 1.59. The first-order valence-electron chi connectivity index (χ1n) is 8.62. The van der Waals surface area contributed by atoms with Gasteiger partial charge in [0.15, 0.2) is 0 Å². The van der Waals surface area contributed by atoms with E-state index in [-0.39, 0.29) is 10.8 Å². The van der Waals surface area contributed by atoms with Gasteiger partial charge in [-0.3, -0.25) is 4.79 Å². The molecular weight excluding hydrogens is 388 g/mol. The van der Waals surface area contributed by atoms with Crippen LogP contribution in [-0.2, 0) is 14.8 Å². The molecule has 26 heavy (non-hydrogen) atoms. The highest BCUT2D eigenvalue weighted by Gasteiger charge is 2.24. The third-order valence-corrected chi connectivity index (χ3v) is 8.23. The van der Waals surface area contributed by atoms with Crippen LogP contribution in [0.25, 0.3) is 0 Å². The molecule has 5 nitrogen and oxygen atoms in total. The van der Waals surface area contributed by atoms with Crippen molar-refractivity contribution in [2.45, 2.75) is 34.8 Å². The predicted molar refractivity (Wildman–Crippen MR) is 107 cm³/mol. The number of hydrogen-bond acceptors (Lipinski definition) is 5. The van der Waals surface area contributed by atoms with Crippen molar-refractivity contribution in [3.8, 4) is 0 Å². The van der Waals surface area contributed by atoms with Crippen LogP contribution in [0.5, 0.6) is 0 Å². The van der Waals surface area contributed by atoms with E-state index in [1.165, 1.54) is 11.8 Å². The van der Waals surface area contributed by atoms with Gasteiger partial charge in [0.1, 0.15) is 0 Å². The molecular formula is C18H22N2O3S3. The number of sulfonamides is 1. The first kappa shape index (κ1) is 19.4. The number of nitrogens with zero attached hydrogens (tertiary/aromatic N) is 1. The van der Waals surface area contributed by atoms with Crippen molar-refractivity contribution < 1.29 is 13.2 Å². The van der Waals surface area contributed by atoms with Crippen molar-refractivity contribution in [3.05, 3.63) is 41.8 Å². The summed E-state index contributed by atoms with van der Waals surface area (Å²) in [6.45, 7) is 1.17. The summed E-state index contributed by atoms with van der Waals surface area (Å²) in [7, 11) is -3.45. The van der Waals surface area contributed by atoms with E-state index in [0.717, 1.165) is 29.9 Å². The molecule has 1 N–H and O–H groups in total. The molecule has 1 fully saturated rings.